The van der Waals surface area contributed by atoms with Crippen LogP contribution in [0.3, 0.4) is 0 Å². The van der Waals surface area contributed by atoms with Gasteiger partial charge in [-0.05, 0) is 18.2 Å². The van der Waals surface area contributed by atoms with Crippen LogP contribution in [-0.4, -0.2) is 6.61 Å². The van der Waals surface area contributed by atoms with Crippen LogP contribution in [0.2, 0.25) is 0 Å². The SMILES string of the molecule is FC(F)Oc1ccc(S)cc1C(F)(F)F. The summed E-state index contributed by atoms with van der Waals surface area (Å²) in [5, 5.41) is 0. The summed E-state index contributed by atoms with van der Waals surface area (Å²) in [6.45, 7) is -3.29. The minimum atomic E-state index is -4.75. The Labute approximate surface area is 87.3 Å². The van der Waals surface area contributed by atoms with Gasteiger partial charge in [-0.15, -0.1) is 12.6 Å². The molecule has 0 aromatic heterocycles. The highest BCUT2D eigenvalue weighted by Gasteiger charge is 2.35. The van der Waals surface area contributed by atoms with Gasteiger partial charge in [0.05, 0.1) is 5.56 Å². The second-order valence-corrected chi connectivity index (χ2v) is 3.07. The zero-order chi connectivity index (χ0) is 11.6. The highest BCUT2D eigenvalue weighted by molar-refractivity contribution is 7.80. The number of alkyl halides is 5. The number of hydrogen-bond donors (Lipinski definition) is 1. The molecule has 0 heterocycles. The van der Waals surface area contributed by atoms with Crippen molar-refractivity contribution >= 4 is 12.6 Å². The second kappa shape index (κ2) is 4.26. The first-order chi connectivity index (χ1) is 6.80. The van der Waals surface area contributed by atoms with E-state index in [4.69, 9.17) is 0 Å². The highest BCUT2D eigenvalue weighted by atomic mass is 32.1. The van der Waals surface area contributed by atoms with Crippen LogP contribution >= 0.6 is 12.6 Å². The molecule has 0 fully saturated rings. The van der Waals surface area contributed by atoms with Crippen LogP contribution in [0.15, 0.2) is 23.1 Å². The Bertz CT molecular complexity index is 349. The largest absolute Gasteiger partial charge is 0.434 e. The van der Waals surface area contributed by atoms with Crippen LogP contribution in [0.4, 0.5) is 22.0 Å². The molecule has 0 unspecified atom stereocenters. The second-order valence-electron chi connectivity index (χ2n) is 2.56. The molecule has 1 rings (SSSR count). The zero-order valence-electron chi connectivity index (χ0n) is 7.05. The third-order valence-electron chi connectivity index (χ3n) is 1.48. The van der Waals surface area contributed by atoms with Crippen molar-refractivity contribution < 1.29 is 26.7 Å². The molecule has 0 aliphatic rings. The molecule has 0 bridgehead atoms. The number of hydrogen-bond acceptors (Lipinski definition) is 2. The maximum atomic E-state index is 12.3. The molecule has 0 N–H and O–H groups in total. The van der Waals surface area contributed by atoms with Crippen LogP contribution < -0.4 is 4.74 Å². The van der Waals surface area contributed by atoms with E-state index in [0.717, 1.165) is 12.1 Å². The number of benzene rings is 1. The van der Waals surface area contributed by atoms with E-state index >= 15 is 0 Å². The standard InChI is InChI=1S/C8H5F5OS/c9-7(10)14-6-2-1-4(15)3-5(6)8(11,12)13/h1-3,7,15H. The first kappa shape index (κ1) is 12.1. The fraction of sp³-hybridized carbons (Fsp3) is 0.250. The smallest absolute Gasteiger partial charge is 0.420 e. The van der Waals surface area contributed by atoms with Gasteiger partial charge in [-0.25, -0.2) is 0 Å². The van der Waals surface area contributed by atoms with E-state index in [1.807, 2.05) is 0 Å². The lowest BCUT2D eigenvalue weighted by Gasteiger charge is -2.13. The fourth-order valence-corrected chi connectivity index (χ4v) is 1.14. The van der Waals surface area contributed by atoms with Crippen molar-refractivity contribution in [1.82, 2.24) is 0 Å². The van der Waals surface area contributed by atoms with Crippen LogP contribution in [-0.2, 0) is 6.18 Å². The molecule has 0 aliphatic carbocycles. The van der Waals surface area contributed by atoms with Gasteiger partial charge in [-0.1, -0.05) is 0 Å². The van der Waals surface area contributed by atoms with Gasteiger partial charge in [0.1, 0.15) is 5.75 Å². The molecule has 0 atom stereocenters. The fourth-order valence-electron chi connectivity index (χ4n) is 0.938. The normalized spacial score (nSPS) is 11.9. The summed E-state index contributed by atoms with van der Waals surface area (Å²) < 4.78 is 64.3. The molecule has 0 radical (unpaired) electrons. The number of halogens is 5. The topological polar surface area (TPSA) is 9.23 Å². The van der Waals surface area contributed by atoms with Gasteiger partial charge in [0.2, 0.25) is 0 Å². The van der Waals surface area contributed by atoms with Crippen molar-refractivity contribution in [3.05, 3.63) is 23.8 Å². The third kappa shape index (κ3) is 3.26. The van der Waals surface area contributed by atoms with E-state index in [-0.39, 0.29) is 4.90 Å². The Morgan fingerprint density at radius 3 is 2.27 bits per heavy atom. The van der Waals surface area contributed by atoms with Crippen LogP contribution in [0.5, 0.6) is 5.75 Å². The average molecular weight is 244 g/mol. The summed E-state index contributed by atoms with van der Waals surface area (Å²) >= 11 is 3.68. The maximum absolute atomic E-state index is 12.3. The molecule has 0 saturated carbocycles. The monoisotopic (exact) mass is 244 g/mol. The number of thiol groups is 1. The van der Waals surface area contributed by atoms with Crippen molar-refractivity contribution in [1.29, 1.82) is 0 Å². The molecule has 84 valence electrons. The molecule has 7 heteroatoms. The first-order valence-electron chi connectivity index (χ1n) is 3.65. The maximum Gasteiger partial charge on any atom is 0.420 e. The lowest BCUT2D eigenvalue weighted by atomic mass is 10.2. The lowest BCUT2D eigenvalue weighted by Crippen LogP contribution is -2.11. The van der Waals surface area contributed by atoms with Gasteiger partial charge in [-0.3, -0.25) is 0 Å². The van der Waals surface area contributed by atoms with Crippen molar-refractivity contribution in [3.8, 4) is 5.75 Å². The zero-order valence-corrected chi connectivity index (χ0v) is 7.95. The van der Waals surface area contributed by atoms with Crippen LogP contribution in [0, 0.1) is 0 Å². The predicted molar refractivity (Wildman–Crippen MR) is 45.3 cm³/mol. The summed E-state index contributed by atoms with van der Waals surface area (Å²) in [6, 6.07) is 2.56. The van der Waals surface area contributed by atoms with Gasteiger partial charge >= 0.3 is 12.8 Å². The summed E-state index contributed by atoms with van der Waals surface area (Å²) in [4.78, 5) is 0.0175. The van der Waals surface area contributed by atoms with E-state index in [2.05, 4.69) is 17.4 Å². The molecule has 0 spiro atoms. The van der Waals surface area contributed by atoms with Crippen molar-refractivity contribution in [2.75, 3.05) is 0 Å². The molecular formula is C8H5F5OS. The quantitative estimate of drug-likeness (QED) is 0.617. The molecular weight excluding hydrogens is 239 g/mol. The Balaban J connectivity index is 3.15. The summed E-state index contributed by atoms with van der Waals surface area (Å²) in [5.74, 6) is -0.907. The van der Waals surface area contributed by atoms with Gasteiger partial charge in [0, 0.05) is 4.90 Å². The van der Waals surface area contributed by atoms with E-state index in [9.17, 15) is 22.0 Å². The van der Waals surface area contributed by atoms with E-state index in [1.165, 1.54) is 0 Å². The molecule has 1 aromatic rings. The van der Waals surface area contributed by atoms with E-state index in [0.29, 0.717) is 6.07 Å². The minimum absolute atomic E-state index is 0.0175. The summed E-state index contributed by atoms with van der Waals surface area (Å²) in [5.41, 5.74) is -1.27. The number of ether oxygens (including phenoxy) is 1. The van der Waals surface area contributed by atoms with Gasteiger partial charge in [0.15, 0.2) is 0 Å². The van der Waals surface area contributed by atoms with Crippen molar-refractivity contribution in [2.45, 2.75) is 17.7 Å². The van der Waals surface area contributed by atoms with Gasteiger partial charge in [-0.2, -0.15) is 22.0 Å². The lowest BCUT2D eigenvalue weighted by molar-refractivity contribution is -0.142. The molecule has 1 aromatic carbocycles. The molecule has 0 saturated heterocycles. The highest BCUT2D eigenvalue weighted by Crippen LogP contribution is 2.37. The Hall–Kier alpha value is -0.980. The van der Waals surface area contributed by atoms with E-state index < -0.39 is 24.1 Å². The Morgan fingerprint density at radius 2 is 1.80 bits per heavy atom. The molecule has 1 nitrogen and oxygen atoms in total. The number of rotatable bonds is 2. The molecule has 0 amide bonds. The van der Waals surface area contributed by atoms with Gasteiger partial charge in [0.25, 0.3) is 0 Å². The first-order valence-corrected chi connectivity index (χ1v) is 4.10. The van der Waals surface area contributed by atoms with E-state index in [1.54, 1.807) is 0 Å². The molecule has 15 heavy (non-hydrogen) atoms. The third-order valence-corrected chi connectivity index (χ3v) is 1.76. The Morgan fingerprint density at radius 1 is 1.20 bits per heavy atom. The minimum Gasteiger partial charge on any atom is -0.434 e. The van der Waals surface area contributed by atoms with Gasteiger partial charge < -0.3 is 4.74 Å². The van der Waals surface area contributed by atoms with Crippen LogP contribution in [0.25, 0.3) is 0 Å². The van der Waals surface area contributed by atoms with Crippen LogP contribution in [0.1, 0.15) is 5.56 Å². The van der Waals surface area contributed by atoms with Crippen molar-refractivity contribution in [3.63, 3.8) is 0 Å². The average Bonchev–Trinajstić information content (AvgIpc) is 2.05. The summed E-state index contributed by atoms with van der Waals surface area (Å²) in [6.07, 6.45) is -4.75. The predicted octanol–water partition coefficient (Wildman–Crippen LogP) is 3.60. The molecule has 0 aliphatic heterocycles. The summed E-state index contributed by atoms with van der Waals surface area (Å²) in [7, 11) is 0. The Kier molecular flexibility index (Phi) is 3.43. The van der Waals surface area contributed by atoms with Crippen molar-refractivity contribution in [2.24, 2.45) is 0 Å².